The van der Waals surface area contributed by atoms with Crippen molar-refractivity contribution in [3.8, 4) is 0 Å². The number of nitrogens with two attached hydrogens (primary N) is 1. The Morgan fingerprint density at radius 2 is 2.31 bits per heavy atom. The van der Waals surface area contributed by atoms with Crippen molar-refractivity contribution in [1.29, 1.82) is 0 Å². The van der Waals surface area contributed by atoms with Gasteiger partial charge in [0.15, 0.2) is 0 Å². The smallest absolute Gasteiger partial charge is 0.320 e. The van der Waals surface area contributed by atoms with Crippen molar-refractivity contribution in [2.24, 2.45) is 5.73 Å². The van der Waals surface area contributed by atoms with Crippen LogP contribution in [0.25, 0.3) is 0 Å². The van der Waals surface area contributed by atoms with Gasteiger partial charge in [0.25, 0.3) is 0 Å². The normalized spacial score (nSPS) is 11.5. The molecule has 1 rings (SSSR count). The Bertz CT molecular complexity index is 266. The molecule has 0 amide bonds. The van der Waals surface area contributed by atoms with E-state index in [0.29, 0.717) is 5.69 Å². The minimum atomic E-state index is -0.999. The summed E-state index contributed by atoms with van der Waals surface area (Å²) in [6, 6.07) is 4.47. The second kappa shape index (κ2) is 5.66. The fourth-order valence-corrected chi connectivity index (χ4v) is 0.831. The Morgan fingerprint density at radius 1 is 1.62 bits per heavy atom. The van der Waals surface area contributed by atoms with Gasteiger partial charge in [-0.05, 0) is 12.1 Å². The predicted molar refractivity (Wildman–Crippen MR) is 53.9 cm³/mol. The Kier molecular flexibility index (Phi) is 5.25. The fourth-order valence-electron chi connectivity index (χ4n) is 0.831. The van der Waals surface area contributed by atoms with Crippen LogP contribution in [0.1, 0.15) is 5.69 Å². The molecule has 13 heavy (non-hydrogen) atoms. The van der Waals surface area contributed by atoms with Crippen LogP contribution in [0, 0.1) is 0 Å². The van der Waals surface area contributed by atoms with Crippen LogP contribution in [0.15, 0.2) is 24.4 Å². The molecule has 0 unspecified atom stereocenters. The van der Waals surface area contributed by atoms with Gasteiger partial charge in [-0.15, -0.1) is 17.0 Å². The number of hydrogen-bond donors (Lipinski definition) is 2. The van der Waals surface area contributed by atoms with E-state index in [9.17, 15) is 4.79 Å². The van der Waals surface area contributed by atoms with E-state index < -0.39 is 12.0 Å². The van der Waals surface area contributed by atoms with Crippen LogP contribution < -0.4 is 5.73 Å². The van der Waals surface area contributed by atoms with Crippen molar-refractivity contribution in [2.45, 2.75) is 12.5 Å². The van der Waals surface area contributed by atoms with E-state index in [1.807, 2.05) is 0 Å². The Labute approximate surface area is 86.6 Å². The molecule has 0 saturated carbocycles. The number of halogens is 1. The van der Waals surface area contributed by atoms with Crippen LogP contribution in [-0.2, 0) is 11.2 Å². The molecule has 1 atom stereocenters. The number of aliphatic carboxylic acids is 1. The quantitative estimate of drug-likeness (QED) is 0.820. The molecule has 0 aliphatic rings. The number of nitrogens with zero attached hydrogens (tertiary/aromatic N) is 1. The molecule has 72 valence electrons. The third kappa shape index (κ3) is 4.00. The van der Waals surface area contributed by atoms with Gasteiger partial charge in [0.2, 0.25) is 0 Å². The van der Waals surface area contributed by atoms with Crippen LogP contribution >= 0.6 is 17.0 Å². The number of pyridine rings is 1. The molecule has 0 spiro atoms. The van der Waals surface area contributed by atoms with Gasteiger partial charge >= 0.3 is 5.97 Å². The molecule has 0 aromatic carbocycles. The molecule has 0 saturated heterocycles. The molecular formula is C8H11BrN2O2. The second-order valence-electron chi connectivity index (χ2n) is 2.47. The summed E-state index contributed by atoms with van der Waals surface area (Å²) >= 11 is 0. The largest absolute Gasteiger partial charge is 0.480 e. The molecule has 3 N–H and O–H groups in total. The van der Waals surface area contributed by atoms with E-state index in [1.165, 1.54) is 0 Å². The van der Waals surface area contributed by atoms with Gasteiger partial charge in [-0.25, -0.2) is 0 Å². The highest BCUT2D eigenvalue weighted by atomic mass is 79.9. The van der Waals surface area contributed by atoms with Gasteiger partial charge in [-0.2, -0.15) is 0 Å². The summed E-state index contributed by atoms with van der Waals surface area (Å²) < 4.78 is 0. The average Bonchev–Trinajstić information content (AvgIpc) is 2.06. The van der Waals surface area contributed by atoms with Gasteiger partial charge in [-0.1, -0.05) is 6.07 Å². The van der Waals surface area contributed by atoms with Crippen molar-refractivity contribution in [2.75, 3.05) is 0 Å². The average molecular weight is 247 g/mol. The SMILES string of the molecule is Br.N[C@@H](Cc1ccccn1)C(=O)O. The van der Waals surface area contributed by atoms with Gasteiger partial charge < -0.3 is 10.8 Å². The number of aromatic nitrogens is 1. The van der Waals surface area contributed by atoms with Crippen molar-refractivity contribution < 1.29 is 9.90 Å². The molecule has 5 heteroatoms. The summed E-state index contributed by atoms with van der Waals surface area (Å²) in [6.45, 7) is 0. The van der Waals surface area contributed by atoms with E-state index in [1.54, 1.807) is 24.4 Å². The summed E-state index contributed by atoms with van der Waals surface area (Å²) in [4.78, 5) is 14.3. The maximum atomic E-state index is 10.4. The van der Waals surface area contributed by atoms with E-state index in [4.69, 9.17) is 10.8 Å². The lowest BCUT2D eigenvalue weighted by Gasteiger charge is -2.03. The van der Waals surface area contributed by atoms with E-state index in [-0.39, 0.29) is 23.4 Å². The summed E-state index contributed by atoms with van der Waals surface area (Å²) in [6.07, 6.45) is 1.89. The Balaban J connectivity index is 0.00000144. The summed E-state index contributed by atoms with van der Waals surface area (Å²) in [5.41, 5.74) is 6.01. The zero-order valence-electron chi connectivity index (χ0n) is 6.88. The highest BCUT2D eigenvalue weighted by molar-refractivity contribution is 8.93. The lowest BCUT2D eigenvalue weighted by molar-refractivity contribution is -0.138. The zero-order chi connectivity index (χ0) is 8.97. The summed E-state index contributed by atoms with van der Waals surface area (Å²) in [7, 11) is 0. The second-order valence-corrected chi connectivity index (χ2v) is 2.47. The van der Waals surface area contributed by atoms with Crippen LogP contribution in [0.4, 0.5) is 0 Å². The highest BCUT2D eigenvalue weighted by Gasteiger charge is 2.11. The molecule has 0 aliphatic heterocycles. The third-order valence-corrected chi connectivity index (χ3v) is 1.47. The van der Waals surface area contributed by atoms with E-state index in [0.717, 1.165) is 0 Å². The van der Waals surface area contributed by atoms with Crippen LogP contribution in [0.3, 0.4) is 0 Å². The van der Waals surface area contributed by atoms with Gasteiger partial charge in [0, 0.05) is 18.3 Å². The Hall–Kier alpha value is -0.940. The first kappa shape index (κ1) is 12.1. The standard InChI is InChI=1S/C8H10N2O2.BrH/c9-7(8(11)12)5-6-3-1-2-4-10-6;/h1-4,7H,5,9H2,(H,11,12);1H/t7-;/m0./s1. The first-order valence-corrected chi connectivity index (χ1v) is 3.58. The van der Waals surface area contributed by atoms with Gasteiger partial charge in [0.1, 0.15) is 6.04 Å². The zero-order valence-corrected chi connectivity index (χ0v) is 8.60. The lowest BCUT2D eigenvalue weighted by Crippen LogP contribution is -2.32. The summed E-state index contributed by atoms with van der Waals surface area (Å²) in [5.74, 6) is -0.999. The minimum absolute atomic E-state index is 0. The van der Waals surface area contributed by atoms with E-state index in [2.05, 4.69) is 4.98 Å². The lowest BCUT2D eigenvalue weighted by atomic mass is 10.1. The van der Waals surface area contributed by atoms with Gasteiger partial charge in [-0.3, -0.25) is 9.78 Å². The van der Waals surface area contributed by atoms with Crippen molar-refractivity contribution in [1.82, 2.24) is 4.98 Å². The number of carboxylic acids is 1. The maximum Gasteiger partial charge on any atom is 0.320 e. The number of hydrogen-bond acceptors (Lipinski definition) is 3. The number of carbonyl (C=O) groups is 1. The monoisotopic (exact) mass is 246 g/mol. The first-order valence-electron chi connectivity index (χ1n) is 3.58. The fraction of sp³-hybridized carbons (Fsp3) is 0.250. The molecule has 4 nitrogen and oxygen atoms in total. The van der Waals surface area contributed by atoms with Crippen LogP contribution in [-0.4, -0.2) is 22.1 Å². The topological polar surface area (TPSA) is 76.2 Å². The Morgan fingerprint density at radius 3 is 2.77 bits per heavy atom. The first-order chi connectivity index (χ1) is 5.70. The van der Waals surface area contributed by atoms with Gasteiger partial charge in [0.05, 0.1) is 0 Å². The predicted octanol–water partition coefficient (Wildman–Crippen LogP) is 0.614. The maximum absolute atomic E-state index is 10.4. The number of rotatable bonds is 3. The molecule has 1 aromatic rings. The van der Waals surface area contributed by atoms with Crippen molar-refractivity contribution in [3.05, 3.63) is 30.1 Å². The van der Waals surface area contributed by atoms with Crippen LogP contribution in [0.2, 0.25) is 0 Å². The van der Waals surface area contributed by atoms with Crippen LogP contribution in [0.5, 0.6) is 0 Å². The van der Waals surface area contributed by atoms with E-state index >= 15 is 0 Å². The number of carboxylic acid groups (broad SMARTS) is 1. The molecule has 1 aromatic heterocycles. The molecule has 0 aliphatic carbocycles. The minimum Gasteiger partial charge on any atom is -0.480 e. The highest BCUT2D eigenvalue weighted by Crippen LogP contribution is 1.97. The molecule has 0 radical (unpaired) electrons. The van der Waals surface area contributed by atoms with Crippen molar-refractivity contribution >= 4 is 23.0 Å². The molecule has 0 bridgehead atoms. The van der Waals surface area contributed by atoms with Crippen molar-refractivity contribution in [3.63, 3.8) is 0 Å². The molecule has 1 heterocycles. The molecule has 0 fully saturated rings. The summed E-state index contributed by atoms with van der Waals surface area (Å²) in [5, 5.41) is 8.49. The molecular weight excluding hydrogens is 236 g/mol. The third-order valence-electron chi connectivity index (χ3n) is 1.47.